The molecule has 0 aromatic carbocycles. The molecule has 19 heavy (non-hydrogen) atoms. The fourth-order valence-corrected chi connectivity index (χ4v) is 1.97. The summed E-state index contributed by atoms with van der Waals surface area (Å²) in [6.45, 7) is 3.53. The second-order valence-corrected chi connectivity index (χ2v) is 4.53. The van der Waals surface area contributed by atoms with E-state index < -0.39 is 0 Å². The van der Waals surface area contributed by atoms with Gasteiger partial charge in [0.05, 0.1) is 6.10 Å². The van der Waals surface area contributed by atoms with Crippen molar-refractivity contribution in [2.24, 2.45) is 0 Å². The summed E-state index contributed by atoms with van der Waals surface area (Å²) in [6.07, 6.45) is 4.76. The first-order valence-electron chi connectivity index (χ1n) is 6.64. The largest absolute Gasteiger partial charge is 0.378 e. The quantitative estimate of drug-likeness (QED) is 0.613. The zero-order chi connectivity index (χ0) is 13.3. The lowest BCUT2D eigenvalue weighted by molar-refractivity contribution is -0.121. The number of hydrogen-bond acceptors (Lipinski definition) is 6. The molecule has 1 aliphatic rings. The van der Waals surface area contributed by atoms with E-state index in [1.165, 1.54) is 11.0 Å². The molecule has 0 unspecified atom stereocenters. The molecule has 8 heteroatoms. The van der Waals surface area contributed by atoms with Crippen LogP contribution in [0.3, 0.4) is 0 Å². The van der Waals surface area contributed by atoms with E-state index in [1.54, 1.807) is 0 Å². The van der Waals surface area contributed by atoms with E-state index in [9.17, 15) is 4.79 Å². The Balaban J connectivity index is 1.48. The van der Waals surface area contributed by atoms with E-state index >= 15 is 0 Å². The first-order chi connectivity index (χ1) is 9.34. The SMILES string of the molecule is O=C(Cn1cnnn1)NCCCOC1CCNCC1. The number of piperidine rings is 1. The maximum absolute atomic E-state index is 11.5. The average Bonchev–Trinajstić information content (AvgIpc) is 2.92. The number of ether oxygens (including phenoxy) is 1. The molecule has 0 saturated carbocycles. The van der Waals surface area contributed by atoms with Crippen LogP contribution in [0.1, 0.15) is 19.3 Å². The number of nitrogens with zero attached hydrogens (tertiary/aromatic N) is 4. The molecular weight excluding hydrogens is 248 g/mol. The summed E-state index contributed by atoms with van der Waals surface area (Å²) in [4.78, 5) is 11.5. The number of rotatable bonds is 7. The molecule has 1 aromatic heterocycles. The Labute approximate surface area is 111 Å². The standard InChI is InChI=1S/C11H20N6O2/c18-11(8-17-9-14-15-16-17)13-4-1-7-19-10-2-5-12-6-3-10/h9-10,12H,1-8H2,(H,13,18). The first-order valence-corrected chi connectivity index (χ1v) is 6.64. The Kier molecular flexibility index (Phi) is 5.70. The fourth-order valence-electron chi connectivity index (χ4n) is 1.97. The minimum absolute atomic E-state index is 0.0887. The van der Waals surface area contributed by atoms with Gasteiger partial charge in [-0.2, -0.15) is 0 Å². The van der Waals surface area contributed by atoms with E-state index in [-0.39, 0.29) is 12.5 Å². The normalized spacial score (nSPS) is 16.4. The van der Waals surface area contributed by atoms with Crippen LogP contribution in [0.25, 0.3) is 0 Å². The van der Waals surface area contributed by atoms with Crippen molar-refractivity contribution in [1.82, 2.24) is 30.8 Å². The van der Waals surface area contributed by atoms with Gasteiger partial charge in [0.15, 0.2) is 0 Å². The zero-order valence-corrected chi connectivity index (χ0v) is 10.9. The van der Waals surface area contributed by atoms with Gasteiger partial charge in [0.2, 0.25) is 5.91 Å². The van der Waals surface area contributed by atoms with Crippen LogP contribution in [0.15, 0.2) is 6.33 Å². The summed E-state index contributed by atoms with van der Waals surface area (Å²) in [7, 11) is 0. The van der Waals surface area contributed by atoms with Crippen molar-refractivity contribution in [2.45, 2.75) is 31.9 Å². The Bertz CT molecular complexity index is 363. The van der Waals surface area contributed by atoms with Crippen LogP contribution >= 0.6 is 0 Å². The molecule has 1 aromatic rings. The molecule has 1 amide bonds. The van der Waals surface area contributed by atoms with Crippen molar-refractivity contribution in [3.05, 3.63) is 6.33 Å². The highest BCUT2D eigenvalue weighted by atomic mass is 16.5. The van der Waals surface area contributed by atoms with Crippen LogP contribution in [0, 0.1) is 0 Å². The van der Waals surface area contributed by atoms with Gasteiger partial charge in [-0.25, -0.2) is 4.68 Å². The van der Waals surface area contributed by atoms with Crippen molar-refractivity contribution in [3.8, 4) is 0 Å². The van der Waals surface area contributed by atoms with Gasteiger partial charge in [-0.1, -0.05) is 0 Å². The summed E-state index contributed by atoms with van der Waals surface area (Å²) in [5.41, 5.74) is 0. The molecule has 2 N–H and O–H groups in total. The second-order valence-electron chi connectivity index (χ2n) is 4.53. The minimum atomic E-state index is -0.0887. The van der Waals surface area contributed by atoms with Gasteiger partial charge in [0.25, 0.3) is 0 Å². The fraction of sp³-hybridized carbons (Fsp3) is 0.818. The summed E-state index contributed by atoms with van der Waals surface area (Å²) in [5, 5.41) is 16.7. The monoisotopic (exact) mass is 268 g/mol. The number of amides is 1. The maximum atomic E-state index is 11.5. The van der Waals surface area contributed by atoms with E-state index in [0.29, 0.717) is 19.3 Å². The van der Waals surface area contributed by atoms with Crippen LogP contribution in [0.5, 0.6) is 0 Å². The Hall–Kier alpha value is -1.54. The van der Waals surface area contributed by atoms with Crippen molar-refractivity contribution in [3.63, 3.8) is 0 Å². The topological polar surface area (TPSA) is 94.0 Å². The Morgan fingerprint density at radius 2 is 2.32 bits per heavy atom. The number of carbonyl (C=O) groups is 1. The molecule has 2 rings (SSSR count). The molecule has 0 bridgehead atoms. The van der Waals surface area contributed by atoms with E-state index in [1.807, 2.05) is 0 Å². The molecule has 1 aliphatic heterocycles. The van der Waals surface area contributed by atoms with E-state index in [4.69, 9.17) is 4.74 Å². The number of tetrazole rings is 1. The zero-order valence-electron chi connectivity index (χ0n) is 10.9. The van der Waals surface area contributed by atoms with Gasteiger partial charge in [-0.05, 0) is 42.8 Å². The molecule has 0 atom stereocenters. The van der Waals surface area contributed by atoms with Crippen molar-refractivity contribution >= 4 is 5.91 Å². The van der Waals surface area contributed by atoms with E-state index in [0.717, 1.165) is 32.4 Å². The number of hydrogen-bond donors (Lipinski definition) is 2. The van der Waals surface area contributed by atoms with Gasteiger partial charge in [0, 0.05) is 13.2 Å². The minimum Gasteiger partial charge on any atom is -0.378 e. The Morgan fingerprint density at radius 1 is 1.47 bits per heavy atom. The molecule has 0 radical (unpaired) electrons. The molecule has 106 valence electrons. The maximum Gasteiger partial charge on any atom is 0.241 e. The lowest BCUT2D eigenvalue weighted by Gasteiger charge is -2.22. The summed E-state index contributed by atoms with van der Waals surface area (Å²) >= 11 is 0. The molecule has 8 nitrogen and oxygen atoms in total. The number of carbonyl (C=O) groups excluding carboxylic acids is 1. The highest BCUT2D eigenvalue weighted by Crippen LogP contribution is 2.06. The van der Waals surface area contributed by atoms with Crippen LogP contribution in [-0.4, -0.2) is 58.5 Å². The predicted octanol–water partition coefficient (Wildman–Crippen LogP) is -1.05. The lowest BCUT2D eigenvalue weighted by Crippen LogP contribution is -2.33. The average molecular weight is 268 g/mol. The van der Waals surface area contributed by atoms with Gasteiger partial charge in [-0.3, -0.25) is 4.79 Å². The first kappa shape index (κ1) is 13.9. The Morgan fingerprint density at radius 3 is 3.05 bits per heavy atom. The summed E-state index contributed by atoms with van der Waals surface area (Å²) < 4.78 is 7.13. The van der Waals surface area contributed by atoms with Crippen LogP contribution in [0.4, 0.5) is 0 Å². The van der Waals surface area contributed by atoms with Gasteiger partial charge < -0.3 is 15.4 Å². The summed E-state index contributed by atoms with van der Waals surface area (Å²) in [5.74, 6) is -0.0887. The second kappa shape index (κ2) is 7.80. The summed E-state index contributed by atoms with van der Waals surface area (Å²) in [6, 6.07) is 0. The lowest BCUT2D eigenvalue weighted by atomic mass is 10.1. The molecule has 0 spiro atoms. The third kappa shape index (κ3) is 5.31. The van der Waals surface area contributed by atoms with Crippen molar-refractivity contribution in [2.75, 3.05) is 26.2 Å². The van der Waals surface area contributed by atoms with Crippen molar-refractivity contribution in [1.29, 1.82) is 0 Å². The molecule has 1 fully saturated rings. The van der Waals surface area contributed by atoms with Gasteiger partial charge in [0.1, 0.15) is 12.9 Å². The predicted molar refractivity (Wildman–Crippen MR) is 67.3 cm³/mol. The van der Waals surface area contributed by atoms with Crippen LogP contribution in [0.2, 0.25) is 0 Å². The van der Waals surface area contributed by atoms with Gasteiger partial charge >= 0.3 is 0 Å². The molecule has 1 saturated heterocycles. The number of nitrogens with one attached hydrogen (secondary N) is 2. The molecule has 2 heterocycles. The third-order valence-corrected chi connectivity index (χ3v) is 2.98. The third-order valence-electron chi connectivity index (χ3n) is 2.98. The van der Waals surface area contributed by atoms with E-state index in [2.05, 4.69) is 26.2 Å². The van der Waals surface area contributed by atoms with Crippen LogP contribution in [-0.2, 0) is 16.1 Å². The highest BCUT2D eigenvalue weighted by molar-refractivity contribution is 5.75. The van der Waals surface area contributed by atoms with Crippen LogP contribution < -0.4 is 10.6 Å². The molecule has 0 aliphatic carbocycles. The number of aromatic nitrogens is 4. The van der Waals surface area contributed by atoms with Crippen molar-refractivity contribution < 1.29 is 9.53 Å². The van der Waals surface area contributed by atoms with Gasteiger partial charge in [-0.15, -0.1) is 5.10 Å². The smallest absolute Gasteiger partial charge is 0.241 e. The molecular formula is C11H20N6O2. The highest BCUT2D eigenvalue weighted by Gasteiger charge is 2.12.